The Labute approximate surface area is 153 Å². The van der Waals surface area contributed by atoms with E-state index in [9.17, 15) is 4.79 Å². The first kappa shape index (κ1) is 17.7. The number of rotatable bonds is 5. The van der Waals surface area contributed by atoms with Gasteiger partial charge in [-0.1, -0.05) is 25.1 Å². The molecule has 0 spiro atoms. The average molecular weight is 349 g/mol. The van der Waals surface area contributed by atoms with Crippen LogP contribution in [0.2, 0.25) is 0 Å². The Hall–Kier alpha value is -3.15. The molecular formula is C20H23N5O. The second kappa shape index (κ2) is 7.82. The van der Waals surface area contributed by atoms with Crippen LogP contribution < -0.4 is 5.32 Å². The van der Waals surface area contributed by atoms with Gasteiger partial charge in [-0.2, -0.15) is 5.10 Å². The molecule has 0 fully saturated rings. The van der Waals surface area contributed by atoms with Crippen molar-refractivity contribution in [3.8, 4) is 5.69 Å². The van der Waals surface area contributed by atoms with Crippen LogP contribution >= 0.6 is 0 Å². The first-order chi connectivity index (χ1) is 12.6. The Morgan fingerprint density at radius 2 is 2.00 bits per heavy atom. The Balaban J connectivity index is 1.67. The lowest BCUT2D eigenvalue weighted by Gasteiger charge is -2.18. The number of nitrogens with one attached hydrogen (secondary N) is 1. The number of carbonyl (C=O) groups is 1. The Morgan fingerprint density at radius 1 is 1.23 bits per heavy atom. The predicted molar refractivity (Wildman–Crippen MR) is 102 cm³/mol. The van der Waals surface area contributed by atoms with Gasteiger partial charge in [0, 0.05) is 30.8 Å². The lowest BCUT2D eigenvalue weighted by atomic mass is 10.1. The maximum Gasteiger partial charge on any atom is 0.321 e. The molecule has 0 aliphatic rings. The molecule has 26 heavy (non-hydrogen) atoms. The summed E-state index contributed by atoms with van der Waals surface area (Å²) in [6, 6.07) is 13.5. The number of para-hydroxylation sites is 1. The second-order valence-corrected chi connectivity index (χ2v) is 6.21. The summed E-state index contributed by atoms with van der Waals surface area (Å²) in [5.41, 5.74) is 4.53. The van der Waals surface area contributed by atoms with Crippen LogP contribution in [0.1, 0.15) is 23.9 Å². The van der Waals surface area contributed by atoms with E-state index in [2.05, 4.69) is 15.4 Å². The second-order valence-electron chi connectivity index (χ2n) is 6.21. The van der Waals surface area contributed by atoms with Gasteiger partial charge in [0.25, 0.3) is 0 Å². The number of benzene rings is 1. The van der Waals surface area contributed by atoms with Crippen LogP contribution in [0.15, 0.2) is 54.9 Å². The quantitative estimate of drug-likeness (QED) is 0.762. The largest absolute Gasteiger partial charge is 0.322 e. The van der Waals surface area contributed by atoms with Gasteiger partial charge < -0.3 is 10.2 Å². The number of amides is 2. The smallest absolute Gasteiger partial charge is 0.321 e. The molecule has 3 aromatic rings. The lowest BCUT2D eigenvalue weighted by molar-refractivity contribution is 0.220. The van der Waals surface area contributed by atoms with Gasteiger partial charge in [-0.3, -0.25) is 4.98 Å². The zero-order valence-corrected chi connectivity index (χ0v) is 15.3. The molecule has 1 aromatic carbocycles. The van der Waals surface area contributed by atoms with E-state index in [4.69, 9.17) is 0 Å². The van der Waals surface area contributed by atoms with Crippen LogP contribution in [-0.4, -0.2) is 32.7 Å². The topological polar surface area (TPSA) is 63.1 Å². The van der Waals surface area contributed by atoms with Gasteiger partial charge in [0.05, 0.1) is 17.9 Å². The Kier molecular flexibility index (Phi) is 5.31. The van der Waals surface area contributed by atoms with Crippen LogP contribution in [0.3, 0.4) is 0 Å². The van der Waals surface area contributed by atoms with E-state index in [1.54, 1.807) is 11.9 Å². The minimum Gasteiger partial charge on any atom is -0.322 e. The minimum atomic E-state index is -0.167. The van der Waals surface area contributed by atoms with Crippen LogP contribution in [-0.2, 0) is 13.0 Å². The maximum absolute atomic E-state index is 12.5. The van der Waals surface area contributed by atoms with Gasteiger partial charge in [0.1, 0.15) is 0 Å². The molecule has 6 nitrogen and oxygen atoms in total. The van der Waals surface area contributed by atoms with Gasteiger partial charge in [0.2, 0.25) is 0 Å². The SMILES string of the molecule is CCc1cnc(C)cc1NC(=O)N(C)Cc1ccn(-c2ccccc2)n1. The van der Waals surface area contributed by atoms with Crippen molar-refractivity contribution in [3.63, 3.8) is 0 Å². The number of aromatic nitrogens is 3. The molecule has 0 saturated carbocycles. The van der Waals surface area contributed by atoms with Crippen molar-refractivity contribution in [2.75, 3.05) is 12.4 Å². The third-order valence-electron chi connectivity index (χ3n) is 4.16. The van der Waals surface area contributed by atoms with Crippen molar-refractivity contribution < 1.29 is 4.79 Å². The fraction of sp³-hybridized carbons (Fsp3) is 0.250. The van der Waals surface area contributed by atoms with E-state index in [-0.39, 0.29) is 6.03 Å². The Morgan fingerprint density at radius 3 is 2.73 bits per heavy atom. The molecule has 2 heterocycles. The molecule has 0 aliphatic carbocycles. The summed E-state index contributed by atoms with van der Waals surface area (Å²) < 4.78 is 1.81. The summed E-state index contributed by atoms with van der Waals surface area (Å²) >= 11 is 0. The van der Waals surface area contributed by atoms with Crippen LogP contribution in [0.25, 0.3) is 5.69 Å². The summed E-state index contributed by atoms with van der Waals surface area (Å²) in [6.45, 7) is 4.38. The minimum absolute atomic E-state index is 0.167. The number of hydrogen-bond donors (Lipinski definition) is 1. The molecule has 0 unspecified atom stereocenters. The molecule has 6 heteroatoms. The Bertz CT molecular complexity index is 888. The van der Waals surface area contributed by atoms with Crippen molar-refractivity contribution in [3.05, 3.63) is 71.8 Å². The van der Waals surface area contributed by atoms with Gasteiger partial charge in [-0.05, 0) is 43.2 Å². The molecular weight excluding hydrogens is 326 g/mol. The first-order valence-electron chi connectivity index (χ1n) is 8.64. The molecule has 134 valence electrons. The van der Waals surface area contributed by atoms with E-state index in [0.717, 1.165) is 34.7 Å². The maximum atomic E-state index is 12.5. The molecule has 2 amide bonds. The van der Waals surface area contributed by atoms with Crippen molar-refractivity contribution in [1.82, 2.24) is 19.7 Å². The van der Waals surface area contributed by atoms with E-state index in [0.29, 0.717) is 6.54 Å². The normalized spacial score (nSPS) is 10.6. The van der Waals surface area contributed by atoms with Crippen molar-refractivity contribution >= 4 is 11.7 Å². The number of pyridine rings is 1. The van der Waals surface area contributed by atoms with Crippen molar-refractivity contribution in [2.24, 2.45) is 0 Å². The third-order valence-corrected chi connectivity index (χ3v) is 4.16. The number of aryl methyl sites for hydroxylation is 2. The first-order valence-corrected chi connectivity index (χ1v) is 8.64. The van der Waals surface area contributed by atoms with E-state index in [1.165, 1.54) is 0 Å². The molecule has 0 saturated heterocycles. The van der Waals surface area contributed by atoms with Gasteiger partial charge in [-0.25, -0.2) is 9.48 Å². The van der Waals surface area contributed by atoms with Gasteiger partial charge in [0.15, 0.2) is 0 Å². The summed E-state index contributed by atoms with van der Waals surface area (Å²) in [6.07, 6.45) is 4.53. The number of nitrogens with zero attached hydrogens (tertiary/aromatic N) is 4. The summed E-state index contributed by atoms with van der Waals surface area (Å²) in [5, 5.41) is 7.52. The number of anilines is 1. The summed E-state index contributed by atoms with van der Waals surface area (Å²) in [4.78, 5) is 18.4. The number of carbonyl (C=O) groups excluding carboxylic acids is 1. The van der Waals surface area contributed by atoms with Crippen molar-refractivity contribution in [2.45, 2.75) is 26.8 Å². The van der Waals surface area contributed by atoms with Crippen LogP contribution in [0.4, 0.5) is 10.5 Å². The van der Waals surface area contributed by atoms with Gasteiger partial charge >= 0.3 is 6.03 Å². The number of hydrogen-bond acceptors (Lipinski definition) is 3. The molecule has 0 bridgehead atoms. The van der Waals surface area contributed by atoms with Crippen LogP contribution in [0, 0.1) is 6.92 Å². The van der Waals surface area contributed by atoms with E-state index >= 15 is 0 Å². The summed E-state index contributed by atoms with van der Waals surface area (Å²) in [7, 11) is 1.76. The zero-order valence-electron chi connectivity index (χ0n) is 15.3. The molecule has 3 rings (SSSR count). The standard InChI is InChI=1S/C20H23N5O/c1-4-16-13-21-15(2)12-19(16)22-20(26)24(3)14-17-10-11-25(23-17)18-8-6-5-7-9-18/h5-13H,4,14H2,1-3H3,(H,21,22,26). The molecule has 1 N–H and O–H groups in total. The highest BCUT2D eigenvalue weighted by atomic mass is 16.2. The fourth-order valence-electron chi connectivity index (χ4n) is 2.68. The lowest BCUT2D eigenvalue weighted by Crippen LogP contribution is -2.31. The monoisotopic (exact) mass is 349 g/mol. The highest BCUT2D eigenvalue weighted by Gasteiger charge is 2.13. The average Bonchev–Trinajstić information content (AvgIpc) is 3.11. The fourth-order valence-corrected chi connectivity index (χ4v) is 2.68. The highest BCUT2D eigenvalue weighted by molar-refractivity contribution is 5.90. The van der Waals surface area contributed by atoms with E-state index in [1.807, 2.05) is 73.4 Å². The van der Waals surface area contributed by atoms with Gasteiger partial charge in [-0.15, -0.1) is 0 Å². The molecule has 2 aromatic heterocycles. The predicted octanol–water partition coefficient (Wildman–Crippen LogP) is 3.80. The van der Waals surface area contributed by atoms with Crippen molar-refractivity contribution in [1.29, 1.82) is 0 Å². The molecule has 0 aliphatic heterocycles. The van der Waals surface area contributed by atoms with Crippen LogP contribution in [0.5, 0.6) is 0 Å². The van der Waals surface area contributed by atoms with E-state index < -0.39 is 0 Å². The third kappa shape index (κ3) is 4.08. The summed E-state index contributed by atoms with van der Waals surface area (Å²) in [5.74, 6) is 0. The number of urea groups is 1. The molecule has 0 radical (unpaired) electrons. The molecule has 0 atom stereocenters. The highest BCUT2D eigenvalue weighted by Crippen LogP contribution is 2.17. The zero-order chi connectivity index (χ0) is 18.5.